The van der Waals surface area contributed by atoms with E-state index in [0.29, 0.717) is 0 Å². The van der Waals surface area contributed by atoms with Crippen LogP contribution >= 0.6 is 35.7 Å². The average Bonchev–Trinajstić information content (AvgIpc) is 2.97. The molecule has 0 fully saturated rings. The molecule has 0 aromatic rings. The molecule has 0 spiro atoms. The number of unbranched alkanes of at least 4 members (excludes halogenated alkanes) is 8. The summed E-state index contributed by atoms with van der Waals surface area (Å²) in [6.07, 6.45) is 19.5. The van der Waals surface area contributed by atoms with Crippen molar-refractivity contribution < 1.29 is 2.82 Å². The van der Waals surface area contributed by atoms with E-state index in [0.717, 1.165) is 35.5 Å². The molecule has 0 radical (unpaired) electrons. The summed E-state index contributed by atoms with van der Waals surface area (Å²) in [4.78, 5) is 0. The Balaban J connectivity index is 0. The van der Waals surface area contributed by atoms with Crippen molar-refractivity contribution in [2.45, 2.75) is 194 Å². The van der Waals surface area contributed by atoms with Crippen molar-refractivity contribution in [3.63, 3.8) is 0 Å². The number of rotatable bonds is 28. The van der Waals surface area contributed by atoms with E-state index in [2.05, 4.69) is 55.4 Å². The summed E-state index contributed by atoms with van der Waals surface area (Å²) in [5.41, 5.74) is 0. The molecule has 0 saturated carbocycles. The van der Waals surface area contributed by atoms with Gasteiger partial charge < -0.3 is 0 Å². The zero-order valence-electron chi connectivity index (χ0n) is 29.3. The molecule has 0 amide bonds. The molecule has 0 aliphatic rings. The predicted molar refractivity (Wildman–Crippen MR) is 206 cm³/mol. The third-order valence-corrected chi connectivity index (χ3v) is 89.3. The van der Waals surface area contributed by atoms with Gasteiger partial charge in [-0.05, 0) is 0 Å². The van der Waals surface area contributed by atoms with Gasteiger partial charge in [-0.2, -0.15) is 0 Å². The third-order valence-electron chi connectivity index (χ3n) is 7.96. The van der Waals surface area contributed by atoms with Crippen molar-refractivity contribution in [1.29, 1.82) is 0 Å². The SMILES string of the molecule is CCC[CH2][Sn]([Cl])([CH2]CCC)[O][Sn]([Cl])([CH2]CCC)[CH2]CCC.CCC[CH2][Sn]([Cl])([CH2]CCC)[O][Sn]([Cl])([CH2]CCC)[CH2]CCC. The van der Waals surface area contributed by atoms with Gasteiger partial charge in [-0.1, -0.05) is 0 Å². The van der Waals surface area contributed by atoms with E-state index in [4.69, 9.17) is 38.5 Å². The van der Waals surface area contributed by atoms with Crippen LogP contribution in [0.2, 0.25) is 35.5 Å². The number of halogens is 4. The van der Waals surface area contributed by atoms with Gasteiger partial charge in [0.25, 0.3) is 0 Å². The molecule has 0 saturated heterocycles. The molecule has 0 atom stereocenters. The quantitative estimate of drug-likeness (QED) is 0.0727. The molecular weight excluding hydrogens is 1030 g/mol. The molecule has 0 aromatic carbocycles. The van der Waals surface area contributed by atoms with Crippen LogP contribution in [0.25, 0.3) is 0 Å². The molecular formula is C32H72Cl4O2Sn4. The molecule has 0 bridgehead atoms. The fraction of sp³-hybridized carbons (Fsp3) is 1.00. The molecule has 0 N–H and O–H groups in total. The van der Waals surface area contributed by atoms with Crippen LogP contribution in [-0.4, -0.2) is 70.7 Å². The maximum absolute atomic E-state index is 7.09. The summed E-state index contributed by atoms with van der Waals surface area (Å²) in [7, 11) is 28.4. The van der Waals surface area contributed by atoms with E-state index in [1.165, 1.54) is 103 Å². The summed E-state index contributed by atoms with van der Waals surface area (Å²) in [6.45, 7) is 18.0. The molecule has 256 valence electrons. The molecule has 0 rings (SSSR count). The standard InChI is InChI=1S/8C4H9.4ClH.2O.4Sn/c8*1-3-4-2;;;;;;;;;;/h8*1,3-4H2,2H3;4*1H;;;;;;/q;;;;;;;;;;;;;;4*+1/p-4. The second kappa shape index (κ2) is 30.1. The van der Waals surface area contributed by atoms with E-state index in [-0.39, 0.29) is 0 Å². The van der Waals surface area contributed by atoms with Gasteiger partial charge in [0, 0.05) is 0 Å². The summed E-state index contributed by atoms with van der Waals surface area (Å²) in [5.74, 6) is 0. The van der Waals surface area contributed by atoms with Gasteiger partial charge in [0.2, 0.25) is 0 Å². The minimum absolute atomic E-state index is 1.16. The molecule has 0 aliphatic carbocycles. The molecule has 0 aliphatic heterocycles. The zero-order chi connectivity index (χ0) is 32.4. The Hall–Kier alpha value is 4.27. The van der Waals surface area contributed by atoms with Gasteiger partial charge in [-0.15, -0.1) is 0 Å². The third kappa shape index (κ3) is 26.2. The van der Waals surface area contributed by atoms with Crippen molar-refractivity contribution in [3.05, 3.63) is 0 Å². The monoisotopic (exact) mass is 1110 g/mol. The van der Waals surface area contributed by atoms with Crippen LogP contribution in [-0.2, 0) is 2.82 Å². The van der Waals surface area contributed by atoms with Crippen molar-refractivity contribution in [2.75, 3.05) is 0 Å². The molecule has 0 aromatic heterocycles. The maximum atomic E-state index is 7.09. The summed E-state index contributed by atoms with van der Waals surface area (Å²) < 4.78 is 22.9. The first-order valence-corrected chi connectivity index (χ1v) is 53.3. The van der Waals surface area contributed by atoms with Gasteiger partial charge in [-0.25, -0.2) is 0 Å². The van der Waals surface area contributed by atoms with Crippen LogP contribution < -0.4 is 0 Å². The minimum atomic E-state index is -2.92. The summed E-state index contributed by atoms with van der Waals surface area (Å²) >= 11 is -11.7. The first-order valence-electron chi connectivity index (χ1n) is 18.1. The van der Waals surface area contributed by atoms with Gasteiger partial charge in [0.05, 0.1) is 0 Å². The Morgan fingerprint density at radius 2 is 0.405 bits per heavy atom. The first kappa shape index (κ1) is 48.4. The number of hydrogen-bond donors (Lipinski definition) is 0. The van der Waals surface area contributed by atoms with Crippen molar-refractivity contribution in [3.8, 4) is 0 Å². The molecule has 42 heavy (non-hydrogen) atoms. The molecule has 0 heterocycles. The van der Waals surface area contributed by atoms with Gasteiger partial charge >= 0.3 is 303 Å². The fourth-order valence-corrected chi connectivity index (χ4v) is 112. The molecule has 0 unspecified atom stereocenters. The van der Waals surface area contributed by atoms with Gasteiger partial charge in [-0.3, -0.25) is 0 Å². The molecule has 2 nitrogen and oxygen atoms in total. The predicted octanol–water partition coefficient (Wildman–Crippen LogP) is 15.1. The second-order valence-corrected chi connectivity index (χ2v) is 71.6. The average molecular weight is 1110 g/mol. The van der Waals surface area contributed by atoms with E-state index < -0.39 is 70.7 Å². The van der Waals surface area contributed by atoms with Gasteiger partial charge in [0.15, 0.2) is 0 Å². The summed E-state index contributed by atoms with van der Waals surface area (Å²) in [6, 6.07) is 0. The van der Waals surface area contributed by atoms with Gasteiger partial charge in [0.1, 0.15) is 0 Å². The van der Waals surface area contributed by atoms with Crippen LogP contribution in [0.1, 0.15) is 158 Å². The van der Waals surface area contributed by atoms with Crippen molar-refractivity contribution in [1.82, 2.24) is 0 Å². The molecule has 10 heteroatoms. The van der Waals surface area contributed by atoms with Crippen molar-refractivity contribution >= 4 is 106 Å². The van der Waals surface area contributed by atoms with Crippen LogP contribution in [0.4, 0.5) is 0 Å². The van der Waals surface area contributed by atoms with Crippen LogP contribution in [0.5, 0.6) is 0 Å². The van der Waals surface area contributed by atoms with Crippen LogP contribution in [0.3, 0.4) is 0 Å². The first-order chi connectivity index (χ1) is 19.9. The van der Waals surface area contributed by atoms with E-state index in [9.17, 15) is 0 Å². The van der Waals surface area contributed by atoms with Crippen LogP contribution in [0, 0.1) is 0 Å². The van der Waals surface area contributed by atoms with Crippen molar-refractivity contribution in [2.24, 2.45) is 0 Å². The van der Waals surface area contributed by atoms with Crippen LogP contribution in [0.15, 0.2) is 0 Å². The topological polar surface area (TPSA) is 18.5 Å². The number of hydrogen-bond acceptors (Lipinski definition) is 2. The Morgan fingerprint density at radius 3 is 0.500 bits per heavy atom. The summed E-state index contributed by atoms with van der Waals surface area (Å²) in [5, 5.41) is 0. The van der Waals surface area contributed by atoms with E-state index in [1.807, 2.05) is 0 Å². The van der Waals surface area contributed by atoms with E-state index in [1.54, 1.807) is 0 Å². The normalized spacial score (nSPS) is 12.9. The Kier molecular flexibility index (Phi) is 34.7. The Bertz CT molecular complexity index is 475. The zero-order valence-corrected chi connectivity index (χ0v) is 43.7. The Labute approximate surface area is 298 Å². The fourth-order valence-electron chi connectivity index (χ4n) is 5.09. The van der Waals surface area contributed by atoms with E-state index >= 15 is 0 Å². The second-order valence-electron chi connectivity index (χ2n) is 12.6. The Morgan fingerprint density at radius 1 is 0.286 bits per heavy atom.